The molecule has 0 saturated carbocycles. The van der Waals surface area contributed by atoms with Gasteiger partial charge < -0.3 is 15.2 Å². The van der Waals surface area contributed by atoms with Crippen LogP contribution >= 0.6 is 0 Å². The lowest BCUT2D eigenvalue weighted by molar-refractivity contribution is 0.0585. The molecule has 0 unspecified atom stereocenters. The first-order chi connectivity index (χ1) is 15.7. The molecule has 5 rings (SSSR count). The predicted octanol–water partition coefficient (Wildman–Crippen LogP) is 3.89. The largest absolute Gasteiger partial charge is 0.484 e. The van der Waals surface area contributed by atoms with E-state index in [1.54, 1.807) is 6.20 Å². The van der Waals surface area contributed by atoms with Crippen molar-refractivity contribution in [3.05, 3.63) is 84.2 Å². The number of nitrogen functional groups attached to an aromatic ring is 1. The van der Waals surface area contributed by atoms with Crippen LogP contribution in [0.15, 0.2) is 72.9 Å². The Morgan fingerprint density at radius 3 is 2.47 bits per heavy atom. The highest BCUT2D eigenvalue weighted by atomic mass is 16.5. The number of methoxy groups -OCH3 is 1. The van der Waals surface area contributed by atoms with Crippen molar-refractivity contribution in [3.63, 3.8) is 0 Å². The van der Waals surface area contributed by atoms with Crippen molar-refractivity contribution in [2.45, 2.75) is 6.61 Å². The third kappa shape index (κ3) is 3.27. The van der Waals surface area contributed by atoms with Gasteiger partial charge in [-0.3, -0.25) is 4.98 Å². The minimum Gasteiger partial charge on any atom is -0.484 e. The average Bonchev–Trinajstić information content (AvgIpc) is 3.23. The van der Waals surface area contributed by atoms with Gasteiger partial charge in [0.05, 0.1) is 12.5 Å². The number of hydrogen-bond acceptors (Lipinski definition) is 7. The van der Waals surface area contributed by atoms with Crippen molar-refractivity contribution in [1.82, 2.24) is 19.6 Å². The van der Waals surface area contributed by atoms with Gasteiger partial charge in [0.15, 0.2) is 17.1 Å². The summed E-state index contributed by atoms with van der Waals surface area (Å²) < 4.78 is 12.6. The average molecular weight is 425 g/mol. The molecule has 0 spiro atoms. The molecule has 3 aromatic heterocycles. The number of hydrogen-bond donors (Lipinski definition) is 1. The highest BCUT2D eigenvalue weighted by Crippen LogP contribution is 2.38. The van der Waals surface area contributed by atoms with Crippen LogP contribution in [0, 0.1) is 0 Å². The topological polar surface area (TPSA) is 105 Å². The summed E-state index contributed by atoms with van der Waals surface area (Å²) in [4.78, 5) is 21.8. The van der Waals surface area contributed by atoms with Crippen molar-refractivity contribution in [3.8, 4) is 16.9 Å². The minimum absolute atomic E-state index is 0.0273. The Kier molecular flexibility index (Phi) is 4.87. The second kappa shape index (κ2) is 7.99. The molecule has 0 bridgehead atoms. The summed E-state index contributed by atoms with van der Waals surface area (Å²) >= 11 is 0. The van der Waals surface area contributed by atoms with Gasteiger partial charge in [-0.05, 0) is 22.8 Å². The molecule has 8 heteroatoms. The molecule has 0 amide bonds. The second-order valence-corrected chi connectivity index (χ2v) is 7.10. The van der Waals surface area contributed by atoms with Crippen LogP contribution in [0.4, 0.5) is 5.95 Å². The molecule has 3 heterocycles. The SMILES string of the molecule is COC(=O)c1c(OCc2ccccc2)c2nccc(-c3ccccc3)c2c2nc(N)nn12. The van der Waals surface area contributed by atoms with Gasteiger partial charge in [-0.25, -0.2) is 4.79 Å². The molecule has 2 aromatic carbocycles. The van der Waals surface area contributed by atoms with Crippen LogP contribution in [0.2, 0.25) is 0 Å². The number of esters is 1. The predicted molar refractivity (Wildman–Crippen MR) is 120 cm³/mol. The van der Waals surface area contributed by atoms with Crippen LogP contribution in [-0.2, 0) is 11.3 Å². The minimum atomic E-state index is -0.628. The van der Waals surface area contributed by atoms with Crippen LogP contribution in [0.25, 0.3) is 27.7 Å². The molecule has 2 N–H and O–H groups in total. The molecule has 0 fully saturated rings. The van der Waals surface area contributed by atoms with Gasteiger partial charge in [-0.2, -0.15) is 9.50 Å². The lowest BCUT2D eigenvalue weighted by atomic mass is 10.0. The van der Waals surface area contributed by atoms with Crippen LogP contribution < -0.4 is 10.5 Å². The van der Waals surface area contributed by atoms with Crippen molar-refractivity contribution >= 4 is 28.5 Å². The van der Waals surface area contributed by atoms with Crippen LogP contribution in [0.1, 0.15) is 16.1 Å². The number of nitrogens with zero attached hydrogens (tertiary/aromatic N) is 4. The van der Waals surface area contributed by atoms with E-state index < -0.39 is 5.97 Å². The number of pyridine rings is 2. The third-order valence-electron chi connectivity index (χ3n) is 5.13. The van der Waals surface area contributed by atoms with Gasteiger partial charge in [0, 0.05) is 6.20 Å². The summed E-state index contributed by atoms with van der Waals surface area (Å²) in [5.41, 5.74) is 9.66. The monoisotopic (exact) mass is 425 g/mol. The quantitative estimate of drug-likeness (QED) is 0.426. The van der Waals surface area contributed by atoms with Crippen LogP contribution in [0.5, 0.6) is 5.75 Å². The van der Waals surface area contributed by atoms with E-state index in [0.29, 0.717) is 16.6 Å². The van der Waals surface area contributed by atoms with Crippen LogP contribution in [-0.4, -0.2) is 32.7 Å². The van der Waals surface area contributed by atoms with Gasteiger partial charge in [0.2, 0.25) is 5.95 Å². The number of rotatable bonds is 5. The van der Waals surface area contributed by atoms with E-state index >= 15 is 0 Å². The lowest BCUT2D eigenvalue weighted by Crippen LogP contribution is -2.14. The fraction of sp³-hybridized carbons (Fsp3) is 0.0833. The normalized spacial score (nSPS) is 11.0. The first-order valence-corrected chi connectivity index (χ1v) is 9.94. The Balaban J connectivity index is 1.83. The van der Waals surface area contributed by atoms with Crippen molar-refractivity contribution in [2.24, 2.45) is 0 Å². The van der Waals surface area contributed by atoms with Gasteiger partial charge >= 0.3 is 5.97 Å². The van der Waals surface area contributed by atoms with Crippen molar-refractivity contribution in [2.75, 3.05) is 12.8 Å². The highest BCUT2D eigenvalue weighted by molar-refractivity contribution is 6.09. The first kappa shape index (κ1) is 19.5. The number of fused-ring (bicyclic) bond motifs is 3. The molecule has 0 aliphatic carbocycles. The number of anilines is 1. The van der Waals surface area contributed by atoms with Gasteiger partial charge in [-0.15, -0.1) is 5.10 Å². The molecule has 158 valence electrons. The highest BCUT2D eigenvalue weighted by Gasteiger charge is 2.27. The second-order valence-electron chi connectivity index (χ2n) is 7.10. The Morgan fingerprint density at radius 2 is 1.75 bits per heavy atom. The lowest BCUT2D eigenvalue weighted by Gasteiger charge is -2.16. The van der Waals surface area contributed by atoms with Crippen LogP contribution in [0.3, 0.4) is 0 Å². The van der Waals surface area contributed by atoms with E-state index in [9.17, 15) is 4.79 Å². The molecule has 5 aromatic rings. The third-order valence-corrected chi connectivity index (χ3v) is 5.13. The standard InChI is InChI=1S/C24H19N5O3/c1-31-23(30)20-21(32-14-15-8-4-2-5-9-15)19-18(22-27-24(25)28-29(20)22)17(12-13-26-19)16-10-6-3-7-11-16/h2-13H,14H2,1H3,(H2,25,28). The van der Waals surface area contributed by atoms with Gasteiger partial charge in [0.25, 0.3) is 0 Å². The maximum Gasteiger partial charge on any atom is 0.360 e. The summed E-state index contributed by atoms with van der Waals surface area (Å²) in [5.74, 6) is -0.345. The zero-order valence-corrected chi connectivity index (χ0v) is 17.2. The Hall–Kier alpha value is -4.46. The summed E-state index contributed by atoms with van der Waals surface area (Å²) in [6.45, 7) is 0.229. The van der Waals surface area contributed by atoms with E-state index in [1.165, 1.54) is 11.6 Å². The summed E-state index contributed by atoms with van der Waals surface area (Å²) in [5, 5.41) is 4.94. The van der Waals surface area contributed by atoms with E-state index in [0.717, 1.165) is 16.7 Å². The summed E-state index contributed by atoms with van der Waals surface area (Å²) in [6, 6.07) is 21.4. The number of ether oxygens (including phenoxy) is 2. The smallest absolute Gasteiger partial charge is 0.360 e. The maximum atomic E-state index is 12.8. The molecule has 8 nitrogen and oxygen atoms in total. The van der Waals surface area contributed by atoms with Gasteiger partial charge in [-0.1, -0.05) is 60.7 Å². The number of carbonyl (C=O) groups is 1. The Morgan fingerprint density at radius 1 is 1.03 bits per heavy atom. The number of nitrogens with two attached hydrogens (primary N) is 1. The van der Waals surface area contributed by atoms with E-state index in [-0.39, 0.29) is 24.0 Å². The molecular weight excluding hydrogens is 406 g/mol. The molecule has 0 radical (unpaired) electrons. The Labute approximate surface area is 183 Å². The van der Waals surface area contributed by atoms with E-state index in [1.807, 2.05) is 66.7 Å². The van der Waals surface area contributed by atoms with Crippen molar-refractivity contribution in [1.29, 1.82) is 0 Å². The first-order valence-electron chi connectivity index (χ1n) is 9.94. The molecule has 32 heavy (non-hydrogen) atoms. The molecule has 0 saturated heterocycles. The fourth-order valence-corrected chi connectivity index (χ4v) is 3.71. The number of aromatic nitrogens is 4. The molecule has 0 aliphatic rings. The number of carbonyl (C=O) groups excluding carboxylic acids is 1. The maximum absolute atomic E-state index is 12.8. The molecule has 0 aliphatic heterocycles. The summed E-state index contributed by atoms with van der Waals surface area (Å²) in [7, 11) is 1.30. The Bertz CT molecular complexity index is 1430. The van der Waals surface area contributed by atoms with Crippen molar-refractivity contribution < 1.29 is 14.3 Å². The van der Waals surface area contributed by atoms with Gasteiger partial charge in [0.1, 0.15) is 12.1 Å². The van der Waals surface area contributed by atoms with E-state index in [4.69, 9.17) is 15.2 Å². The zero-order valence-electron chi connectivity index (χ0n) is 17.2. The van der Waals surface area contributed by atoms with E-state index in [2.05, 4.69) is 15.1 Å². The molecule has 0 atom stereocenters. The number of benzene rings is 2. The molecular formula is C24H19N5O3. The fourth-order valence-electron chi connectivity index (χ4n) is 3.71. The zero-order chi connectivity index (χ0) is 22.1. The summed E-state index contributed by atoms with van der Waals surface area (Å²) in [6.07, 6.45) is 1.68.